The van der Waals surface area contributed by atoms with Gasteiger partial charge in [-0.05, 0) is 19.1 Å². The summed E-state index contributed by atoms with van der Waals surface area (Å²) < 4.78 is 10.3. The second kappa shape index (κ2) is 7.30. The Morgan fingerprint density at radius 1 is 1.23 bits per heavy atom. The van der Waals surface area contributed by atoms with Gasteiger partial charge in [0.2, 0.25) is 5.88 Å². The molecular weight excluding hydrogens is 334 g/mol. The van der Waals surface area contributed by atoms with Gasteiger partial charge in [-0.2, -0.15) is 4.98 Å². The van der Waals surface area contributed by atoms with E-state index in [0.29, 0.717) is 34.9 Å². The molecule has 1 aliphatic heterocycles. The molecule has 1 amide bonds. The van der Waals surface area contributed by atoms with E-state index < -0.39 is 0 Å². The average molecular weight is 353 g/mol. The van der Waals surface area contributed by atoms with Crippen LogP contribution in [0.3, 0.4) is 0 Å². The van der Waals surface area contributed by atoms with Crippen LogP contribution in [0.5, 0.6) is 11.9 Å². The van der Waals surface area contributed by atoms with Crippen molar-refractivity contribution in [3.63, 3.8) is 0 Å². The third kappa shape index (κ3) is 3.01. The van der Waals surface area contributed by atoms with E-state index in [0.717, 1.165) is 5.70 Å². The zero-order valence-corrected chi connectivity index (χ0v) is 15.1. The van der Waals surface area contributed by atoms with Crippen molar-refractivity contribution in [3.05, 3.63) is 41.4 Å². The molecule has 3 heterocycles. The summed E-state index contributed by atoms with van der Waals surface area (Å²) in [5.41, 5.74) is 3.26. The van der Waals surface area contributed by atoms with Crippen molar-refractivity contribution in [1.82, 2.24) is 19.9 Å². The van der Waals surface area contributed by atoms with Crippen molar-refractivity contribution in [2.24, 2.45) is 4.99 Å². The molecule has 0 saturated heterocycles. The number of pyridine rings is 1. The van der Waals surface area contributed by atoms with Crippen LogP contribution in [0.2, 0.25) is 0 Å². The van der Waals surface area contributed by atoms with Crippen molar-refractivity contribution in [2.75, 3.05) is 21.3 Å². The van der Waals surface area contributed by atoms with Crippen LogP contribution < -0.4 is 9.47 Å². The number of rotatable bonds is 5. The first-order valence-corrected chi connectivity index (χ1v) is 7.98. The van der Waals surface area contributed by atoms with Crippen LogP contribution in [0, 0.1) is 0 Å². The highest BCUT2D eigenvalue weighted by molar-refractivity contribution is 6.02. The molecule has 134 valence electrons. The second-order valence-electron chi connectivity index (χ2n) is 5.46. The molecule has 0 N–H and O–H groups in total. The smallest absolute Gasteiger partial charge is 0.319 e. The van der Waals surface area contributed by atoms with Gasteiger partial charge in [0.15, 0.2) is 0 Å². The molecule has 0 fully saturated rings. The highest BCUT2D eigenvalue weighted by Crippen LogP contribution is 2.31. The molecule has 0 spiro atoms. The molecule has 1 aliphatic rings. The summed E-state index contributed by atoms with van der Waals surface area (Å²) >= 11 is 0. The van der Waals surface area contributed by atoms with Gasteiger partial charge in [-0.1, -0.05) is 6.08 Å². The number of aliphatic imine (C=N–C) groups is 1. The first-order chi connectivity index (χ1) is 12.6. The SMILES string of the molecule is C/C=C(\C=NC)N1Cc2nc(-c3cnc(OC)nc3OC)ccc2C1=O. The fourth-order valence-corrected chi connectivity index (χ4v) is 2.76. The summed E-state index contributed by atoms with van der Waals surface area (Å²) in [6.45, 7) is 2.25. The zero-order chi connectivity index (χ0) is 18.7. The number of hydrogen-bond acceptors (Lipinski definition) is 7. The number of allylic oxidation sites excluding steroid dienone is 2. The fraction of sp³-hybridized carbons (Fsp3) is 0.278. The Hall–Kier alpha value is -3.29. The van der Waals surface area contributed by atoms with E-state index in [9.17, 15) is 4.79 Å². The van der Waals surface area contributed by atoms with E-state index in [1.807, 2.05) is 13.0 Å². The summed E-state index contributed by atoms with van der Waals surface area (Å²) in [4.78, 5) is 31.2. The van der Waals surface area contributed by atoms with E-state index in [1.165, 1.54) is 14.2 Å². The maximum absolute atomic E-state index is 12.6. The minimum absolute atomic E-state index is 0.0926. The van der Waals surface area contributed by atoms with Crippen molar-refractivity contribution >= 4 is 12.1 Å². The molecule has 3 rings (SSSR count). The summed E-state index contributed by atoms with van der Waals surface area (Å²) in [6.07, 6.45) is 5.10. The lowest BCUT2D eigenvalue weighted by Gasteiger charge is -2.15. The van der Waals surface area contributed by atoms with Crippen LogP contribution in [0.4, 0.5) is 0 Å². The Bertz CT molecular complexity index is 908. The van der Waals surface area contributed by atoms with E-state index >= 15 is 0 Å². The number of carbonyl (C=O) groups is 1. The van der Waals surface area contributed by atoms with Crippen molar-refractivity contribution < 1.29 is 14.3 Å². The molecule has 0 aliphatic carbocycles. The van der Waals surface area contributed by atoms with Crippen LogP contribution in [0.25, 0.3) is 11.3 Å². The Morgan fingerprint density at radius 3 is 2.69 bits per heavy atom. The van der Waals surface area contributed by atoms with Crippen molar-refractivity contribution in [1.29, 1.82) is 0 Å². The Morgan fingerprint density at radius 2 is 2.04 bits per heavy atom. The van der Waals surface area contributed by atoms with Gasteiger partial charge >= 0.3 is 6.01 Å². The number of aromatic nitrogens is 3. The molecule has 0 radical (unpaired) electrons. The summed E-state index contributed by atoms with van der Waals surface area (Å²) in [5, 5.41) is 0. The Kier molecular flexibility index (Phi) is 4.92. The minimum atomic E-state index is -0.0926. The molecule has 26 heavy (non-hydrogen) atoms. The van der Waals surface area contributed by atoms with Gasteiger partial charge in [0, 0.05) is 19.5 Å². The number of carbonyl (C=O) groups excluding carboxylic acids is 1. The van der Waals surface area contributed by atoms with Crippen LogP contribution in [-0.2, 0) is 6.54 Å². The van der Waals surface area contributed by atoms with Gasteiger partial charge < -0.3 is 14.4 Å². The van der Waals surface area contributed by atoms with Crippen LogP contribution in [0.15, 0.2) is 35.1 Å². The topological polar surface area (TPSA) is 89.8 Å². The van der Waals surface area contributed by atoms with Gasteiger partial charge in [-0.25, -0.2) is 9.97 Å². The molecule has 0 saturated carbocycles. The summed E-state index contributed by atoms with van der Waals surface area (Å²) in [5.74, 6) is 0.266. The number of fused-ring (bicyclic) bond motifs is 1. The number of hydrogen-bond donors (Lipinski definition) is 0. The molecule has 0 bridgehead atoms. The highest BCUT2D eigenvalue weighted by atomic mass is 16.5. The van der Waals surface area contributed by atoms with E-state index in [4.69, 9.17) is 9.47 Å². The van der Waals surface area contributed by atoms with Gasteiger partial charge in [0.1, 0.15) is 0 Å². The normalized spacial score (nSPS) is 14.1. The van der Waals surface area contributed by atoms with Crippen LogP contribution in [0.1, 0.15) is 23.0 Å². The number of amides is 1. The van der Waals surface area contributed by atoms with Crippen LogP contribution >= 0.6 is 0 Å². The number of nitrogens with zero attached hydrogens (tertiary/aromatic N) is 5. The number of ether oxygens (including phenoxy) is 2. The summed E-state index contributed by atoms with van der Waals surface area (Å²) in [7, 11) is 4.68. The molecule has 2 aromatic heterocycles. The van der Waals surface area contributed by atoms with Crippen LogP contribution in [-0.4, -0.2) is 53.2 Å². The van der Waals surface area contributed by atoms with Gasteiger partial charge in [0.05, 0.1) is 49.0 Å². The second-order valence-corrected chi connectivity index (χ2v) is 5.46. The molecule has 8 heteroatoms. The Balaban J connectivity index is 1.99. The van der Waals surface area contributed by atoms with E-state index in [2.05, 4.69) is 19.9 Å². The maximum Gasteiger partial charge on any atom is 0.319 e. The predicted octanol–water partition coefficient (Wildman–Crippen LogP) is 2.12. The zero-order valence-electron chi connectivity index (χ0n) is 15.1. The monoisotopic (exact) mass is 353 g/mol. The molecule has 0 unspecified atom stereocenters. The van der Waals surface area contributed by atoms with E-state index in [1.54, 1.807) is 36.5 Å². The van der Waals surface area contributed by atoms with Gasteiger partial charge in [-0.15, -0.1) is 0 Å². The third-order valence-corrected chi connectivity index (χ3v) is 4.01. The predicted molar refractivity (Wildman–Crippen MR) is 96.4 cm³/mol. The molecule has 0 atom stereocenters. The molecule has 8 nitrogen and oxygen atoms in total. The third-order valence-electron chi connectivity index (χ3n) is 4.01. The van der Waals surface area contributed by atoms with Crippen molar-refractivity contribution in [3.8, 4) is 23.1 Å². The lowest BCUT2D eigenvalue weighted by molar-refractivity contribution is 0.0834. The average Bonchev–Trinajstić information content (AvgIpc) is 3.01. The van der Waals surface area contributed by atoms with Gasteiger partial charge in [-0.3, -0.25) is 9.79 Å². The molecule has 0 aromatic carbocycles. The quantitative estimate of drug-likeness (QED) is 0.765. The number of methoxy groups -OCH3 is 2. The van der Waals surface area contributed by atoms with Crippen molar-refractivity contribution in [2.45, 2.75) is 13.5 Å². The molecular formula is C18H19N5O3. The van der Waals surface area contributed by atoms with Gasteiger partial charge in [0.25, 0.3) is 5.91 Å². The Labute approximate surface area is 151 Å². The lowest BCUT2D eigenvalue weighted by atomic mass is 10.1. The first-order valence-electron chi connectivity index (χ1n) is 7.98. The largest absolute Gasteiger partial charge is 0.480 e. The highest BCUT2D eigenvalue weighted by Gasteiger charge is 2.30. The first kappa shape index (κ1) is 17.5. The molecule has 2 aromatic rings. The fourth-order valence-electron chi connectivity index (χ4n) is 2.76. The minimum Gasteiger partial charge on any atom is -0.480 e. The maximum atomic E-state index is 12.6. The standard InChI is InChI=1S/C18H19N5O3/c1-5-11(8-19-2)23-10-15-12(17(23)24)6-7-14(21-15)13-9-20-18(26-4)22-16(13)25-3/h5-9H,10H2,1-4H3/b11-5+,19-8?. The lowest BCUT2D eigenvalue weighted by Crippen LogP contribution is -2.23. The summed E-state index contributed by atoms with van der Waals surface area (Å²) in [6, 6.07) is 3.74. The van der Waals surface area contributed by atoms with E-state index in [-0.39, 0.29) is 11.9 Å².